The topological polar surface area (TPSA) is 104 Å². The Morgan fingerprint density at radius 1 is 1.18 bits per heavy atom. The van der Waals surface area contributed by atoms with Crippen molar-refractivity contribution < 1.29 is 14.7 Å². The standard InChI is InChI=1S/C19H19Cl2N3O3.ClH/c20-12-6-13(21)18-14(7-12)23-16(19(26)27)8-15(18)24-17(25)5-10-1-3-11(9-22)4-2-10;/h1-4,6-7,15-16,23H,5,8-9,22H2,(H,24,25)(H,26,27);1H/t15-,16+;/m0./s1. The SMILES string of the molecule is Cl.NCc1ccc(CC(=O)N[C@H]2C[C@H](C(=O)O)Nc3cc(Cl)cc(Cl)c32)cc1. The summed E-state index contributed by atoms with van der Waals surface area (Å²) in [4.78, 5) is 24.0. The number of carbonyl (C=O) groups excluding carboxylic acids is 1. The maximum absolute atomic E-state index is 12.5. The smallest absolute Gasteiger partial charge is 0.326 e. The van der Waals surface area contributed by atoms with Gasteiger partial charge in [0.1, 0.15) is 6.04 Å². The first-order valence-electron chi connectivity index (χ1n) is 8.43. The molecule has 3 rings (SSSR count). The van der Waals surface area contributed by atoms with Gasteiger partial charge in [-0.25, -0.2) is 4.79 Å². The molecule has 1 heterocycles. The quantitative estimate of drug-likeness (QED) is 0.564. The fourth-order valence-electron chi connectivity index (χ4n) is 3.18. The van der Waals surface area contributed by atoms with E-state index in [9.17, 15) is 14.7 Å². The van der Waals surface area contributed by atoms with E-state index in [2.05, 4.69) is 10.6 Å². The second-order valence-electron chi connectivity index (χ2n) is 6.44. The zero-order valence-electron chi connectivity index (χ0n) is 14.7. The molecule has 0 bridgehead atoms. The number of nitrogens with two attached hydrogens (primary N) is 1. The van der Waals surface area contributed by atoms with E-state index in [1.807, 2.05) is 24.3 Å². The van der Waals surface area contributed by atoms with Crippen molar-refractivity contribution in [3.8, 4) is 0 Å². The lowest BCUT2D eigenvalue weighted by Gasteiger charge is -2.32. The summed E-state index contributed by atoms with van der Waals surface area (Å²) >= 11 is 12.3. The molecule has 1 amide bonds. The van der Waals surface area contributed by atoms with E-state index in [4.69, 9.17) is 28.9 Å². The highest BCUT2D eigenvalue weighted by atomic mass is 35.5. The average Bonchev–Trinajstić information content (AvgIpc) is 2.61. The number of benzene rings is 2. The minimum absolute atomic E-state index is 0. The summed E-state index contributed by atoms with van der Waals surface area (Å²) in [5.41, 5.74) is 8.57. The molecule has 9 heteroatoms. The zero-order chi connectivity index (χ0) is 19.6. The molecule has 28 heavy (non-hydrogen) atoms. The van der Waals surface area contributed by atoms with Crippen LogP contribution in [-0.2, 0) is 22.6 Å². The highest BCUT2D eigenvalue weighted by Gasteiger charge is 2.33. The predicted molar refractivity (Wildman–Crippen MR) is 112 cm³/mol. The van der Waals surface area contributed by atoms with Gasteiger partial charge in [0.2, 0.25) is 5.91 Å². The van der Waals surface area contributed by atoms with Crippen LogP contribution in [0.3, 0.4) is 0 Å². The van der Waals surface area contributed by atoms with Gasteiger partial charge in [-0.1, -0.05) is 47.5 Å². The summed E-state index contributed by atoms with van der Waals surface area (Å²) in [6, 6.07) is 9.28. The van der Waals surface area contributed by atoms with Gasteiger partial charge >= 0.3 is 5.97 Å². The normalized spacial score (nSPS) is 17.7. The Hall–Kier alpha value is -1.99. The van der Waals surface area contributed by atoms with Crippen molar-refractivity contribution in [3.63, 3.8) is 0 Å². The van der Waals surface area contributed by atoms with E-state index < -0.39 is 18.1 Å². The molecule has 0 aromatic heterocycles. The summed E-state index contributed by atoms with van der Waals surface area (Å²) in [7, 11) is 0. The van der Waals surface area contributed by atoms with Crippen LogP contribution in [0.5, 0.6) is 0 Å². The van der Waals surface area contributed by atoms with Gasteiger partial charge in [0, 0.05) is 34.3 Å². The molecular weight excluding hydrogens is 425 g/mol. The van der Waals surface area contributed by atoms with Crippen LogP contribution in [-0.4, -0.2) is 23.0 Å². The largest absolute Gasteiger partial charge is 0.480 e. The van der Waals surface area contributed by atoms with E-state index in [-0.39, 0.29) is 31.2 Å². The number of aliphatic carboxylic acids is 1. The van der Waals surface area contributed by atoms with Gasteiger partial charge in [-0.3, -0.25) is 4.79 Å². The predicted octanol–water partition coefficient (Wildman–Crippen LogP) is 3.54. The number of anilines is 1. The van der Waals surface area contributed by atoms with Crippen molar-refractivity contribution >= 4 is 53.2 Å². The minimum atomic E-state index is -1.01. The number of halogens is 3. The van der Waals surface area contributed by atoms with Crippen LogP contribution in [0, 0.1) is 0 Å². The van der Waals surface area contributed by atoms with Crippen LogP contribution in [0.4, 0.5) is 5.69 Å². The molecule has 5 N–H and O–H groups in total. The number of nitrogens with one attached hydrogen (secondary N) is 2. The molecule has 0 radical (unpaired) electrons. The zero-order valence-corrected chi connectivity index (χ0v) is 17.1. The number of amides is 1. The van der Waals surface area contributed by atoms with E-state index >= 15 is 0 Å². The third-order valence-electron chi connectivity index (χ3n) is 4.50. The Kier molecular flexibility index (Phi) is 7.55. The number of hydrogen-bond acceptors (Lipinski definition) is 4. The van der Waals surface area contributed by atoms with Gasteiger partial charge < -0.3 is 21.5 Å². The first-order chi connectivity index (χ1) is 12.9. The van der Waals surface area contributed by atoms with Crippen LogP contribution in [0.15, 0.2) is 36.4 Å². The van der Waals surface area contributed by atoms with Crippen LogP contribution in [0.25, 0.3) is 0 Å². The first kappa shape index (κ1) is 22.3. The van der Waals surface area contributed by atoms with Gasteiger partial charge in [-0.2, -0.15) is 0 Å². The molecule has 6 nitrogen and oxygen atoms in total. The number of carboxylic acid groups (broad SMARTS) is 1. The molecule has 1 aliphatic heterocycles. The lowest BCUT2D eigenvalue weighted by molar-refractivity contribution is -0.138. The molecule has 0 spiro atoms. The van der Waals surface area contributed by atoms with Crippen LogP contribution < -0.4 is 16.4 Å². The molecule has 150 valence electrons. The molecule has 0 fully saturated rings. The fourth-order valence-corrected chi connectivity index (χ4v) is 3.80. The maximum Gasteiger partial charge on any atom is 0.326 e. The molecular formula is C19H20Cl3N3O3. The summed E-state index contributed by atoms with van der Waals surface area (Å²) in [5, 5.41) is 16.0. The van der Waals surface area contributed by atoms with Crippen molar-refractivity contribution in [1.82, 2.24) is 5.32 Å². The van der Waals surface area contributed by atoms with Gasteiger partial charge in [0.05, 0.1) is 12.5 Å². The lowest BCUT2D eigenvalue weighted by Crippen LogP contribution is -2.41. The van der Waals surface area contributed by atoms with Gasteiger partial charge in [-0.15, -0.1) is 12.4 Å². The van der Waals surface area contributed by atoms with Crippen molar-refractivity contribution in [2.24, 2.45) is 5.73 Å². The summed E-state index contributed by atoms with van der Waals surface area (Å²) in [6.07, 6.45) is 0.356. The molecule has 0 aliphatic carbocycles. The molecule has 0 unspecified atom stereocenters. The number of rotatable bonds is 5. The lowest BCUT2D eigenvalue weighted by atomic mass is 9.92. The Balaban J connectivity index is 0.00000280. The maximum atomic E-state index is 12.5. The Labute approximate surface area is 178 Å². The van der Waals surface area contributed by atoms with E-state index in [1.54, 1.807) is 12.1 Å². The highest BCUT2D eigenvalue weighted by Crippen LogP contribution is 2.39. The third kappa shape index (κ3) is 5.08. The molecule has 1 aliphatic rings. The molecule has 2 aromatic rings. The summed E-state index contributed by atoms with van der Waals surface area (Å²) in [6.45, 7) is 0.440. The van der Waals surface area contributed by atoms with Crippen molar-refractivity contribution in [2.45, 2.75) is 31.5 Å². The minimum Gasteiger partial charge on any atom is -0.480 e. The molecule has 2 aromatic carbocycles. The molecule has 2 atom stereocenters. The van der Waals surface area contributed by atoms with E-state index in [0.717, 1.165) is 11.1 Å². The number of carboxylic acids is 1. The van der Waals surface area contributed by atoms with Crippen LogP contribution in [0.2, 0.25) is 10.0 Å². The summed E-state index contributed by atoms with van der Waals surface area (Å²) in [5.74, 6) is -1.23. The Morgan fingerprint density at radius 2 is 1.82 bits per heavy atom. The Morgan fingerprint density at radius 3 is 2.43 bits per heavy atom. The monoisotopic (exact) mass is 443 g/mol. The first-order valence-corrected chi connectivity index (χ1v) is 9.18. The second kappa shape index (κ2) is 9.47. The Bertz CT molecular complexity index is 875. The number of fused-ring (bicyclic) bond motifs is 1. The molecule has 0 saturated carbocycles. The molecule has 0 saturated heterocycles. The van der Waals surface area contributed by atoms with Crippen molar-refractivity contribution in [2.75, 3.05) is 5.32 Å². The second-order valence-corrected chi connectivity index (χ2v) is 7.28. The summed E-state index contributed by atoms with van der Waals surface area (Å²) < 4.78 is 0. The highest BCUT2D eigenvalue weighted by molar-refractivity contribution is 6.35. The van der Waals surface area contributed by atoms with Gasteiger partial charge in [0.25, 0.3) is 0 Å². The van der Waals surface area contributed by atoms with Crippen LogP contribution in [0.1, 0.15) is 29.2 Å². The number of carbonyl (C=O) groups is 2. The number of hydrogen-bond donors (Lipinski definition) is 4. The van der Waals surface area contributed by atoms with Gasteiger partial charge in [0.15, 0.2) is 0 Å². The third-order valence-corrected chi connectivity index (χ3v) is 5.03. The van der Waals surface area contributed by atoms with E-state index in [0.29, 0.717) is 27.8 Å². The average molecular weight is 445 g/mol. The fraction of sp³-hybridized carbons (Fsp3) is 0.263. The van der Waals surface area contributed by atoms with Crippen molar-refractivity contribution in [3.05, 3.63) is 63.1 Å². The van der Waals surface area contributed by atoms with Crippen LogP contribution >= 0.6 is 35.6 Å². The van der Waals surface area contributed by atoms with E-state index in [1.165, 1.54) is 0 Å². The van der Waals surface area contributed by atoms with Crippen molar-refractivity contribution in [1.29, 1.82) is 0 Å². The van der Waals surface area contributed by atoms with Gasteiger partial charge in [-0.05, 0) is 23.3 Å².